The summed E-state index contributed by atoms with van der Waals surface area (Å²) in [5.74, 6) is 0.0188. The normalized spacial score (nSPS) is 16.4. The van der Waals surface area contributed by atoms with Crippen LogP contribution in [0.5, 0.6) is 0 Å². The highest BCUT2D eigenvalue weighted by atomic mass is 32.1. The van der Waals surface area contributed by atoms with Gasteiger partial charge in [0.15, 0.2) is 0 Å². The molecule has 1 amide bonds. The second-order valence-corrected chi connectivity index (χ2v) is 5.61. The molecule has 1 heterocycles. The van der Waals surface area contributed by atoms with E-state index >= 15 is 0 Å². The van der Waals surface area contributed by atoms with Crippen LogP contribution in [0.15, 0.2) is 5.38 Å². The van der Waals surface area contributed by atoms with Gasteiger partial charge in [-0.1, -0.05) is 0 Å². The average molecular weight is 253 g/mol. The maximum absolute atomic E-state index is 12.1. The molecule has 1 atom stereocenters. The lowest BCUT2D eigenvalue weighted by atomic mass is 9.95. The summed E-state index contributed by atoms with van der Waals surface area (Å²) in [4.78, 5) is 13.5. The van der Waals surface area contributed by atoms with Gasteiger partial charge in [0.1, 0.15) is 0 Å². The Balaban J connectivity index is 2.06. The average Bonchev–Trinajstić information content (AvgIpc) is 2.72. The number of rotatable bonds is 4. The van der Waals surface area contributed by atoms with Gasteiger partial charge in [-0.3, -0.25) is 4.79 Å². The lowest BCUT2D eigenvalue weighted by Gasteiger charge is -2.15. The van der Waals surface area contributed by atoms with Gasteiger partial charge in [0.05, 0.1) is 5.56 Å². The van der Waals surface area contributed by atoms with E-state index in [2.05, 4.69) is 5.32 Å². The molecule has 0 bridgehead atoms. The summed E-state index contributed by atoms with van der Waals surface area (Å²) in [7, 11) is 0. The van der Waals surface area contributed by atoms with E-state index < -0.39 is 0 Å². The fraction of sp³-hybridized carbons (Fsp3) is 0.615. The van der Waals surface area contributed by atoms with Crippen LogP contribution in [0.25, 0.3) is 0 Å². The first-order chi connectivity index (χ1) is 8.22. The van der Waals surface area contributed by atoms with Crippen molar-refractivity contribution in [1.82, 2.24) is 5.32 Å². The maximum Gasteiger partial charge on any atom is 0.252 e. The number of aryl methyl sites for hydroxylation is 1. The Morgan fingerprint density at radius 1 is 1.53 bits per heavy atom. The van der Waals surface area contributed by atoms with E-state index in [-0.39, 0.29) is 18.6 Å². The minimum Gasteiger partial charge on any atom is -0.396 e. The molecule has 4 heteroatoms. The van der Waals surface area contributed by atoms with Crippen molar-refractivity contribution in [3.63, 3.8) is 0 Å². The standard InChI is InChI=1S/C13H19NO2S/c1-9(6-7-15)14-13(16)11-8-17-12-5-3-2-4-10(11)12/h8-9,15H,2-7H2,1H3,(H,14,16). The predicted octanol–water partition coefficient (Wildman–Crippen LogP) is 2.13. The van der Waals surface area contributed by atoms with Gasteiger partial charge in [0.2, 0.25) is 0 Å². The number of fused-ring (bicyclic) bond motifs is 1. The summed E-state index contributed by atoms with van der Waals surface area (Å²) in [6.45, 7) is 2.04. The summed E-state index contributed by atoms with van der Waals surface area (Å²) in [5, 5.41) is 13.7. The molecule has 1 aromatic rings. The van der Waals surface area contributed by atoms with E-state index in [0.29, 0.717) is 6.42 Å². The van der Waals surface area contributed by atoms with Crippen LogP contribution in [0.1, 0.15) is 47.0 Å². The minimum absolute atomic E-state index is 0.0188. The van der Waals surface area contributed by atoms with Crippen LogP contribution in [0.4, 0.5) is 0 Å². The first kappa shape index (κ1) is 12.6. The number of hydrogen-bond donors (Lipinski definition) is 2. The molecule has 0 saturated heterocycles. The number of carbonyl (C=O) groups is 1. The first-order valence-electron chi connectivity index (χ1n) is 6.23. The Kier molecular flexibility index (Phi) is 4.18. The largest absolute Gasteiger partial charge is 0.396 e. The molecular formula is C13H19NO2S. The SMILES string of the molecule is CC(CCO)NC(=O)c1csc2c1CCCC2. The van der Waals surface area contributed by atoms with Crippen molar-refractivity contribution in [2.24, 2.45) is 0 Å². The molecule has 1 aliphatic rings. The van der Waals surface area contributed by atoms with Gasteiger partial charge in [-0.15, -0.1) is 11.3 Å². The molecule has 17 heavy (non-hydrogen) atoms. The first-order valence-corrected chi connectivity index (χ1v) is 7.11. The fourth-order valence-electron chi connectivity index (χ4n) is 2.25. The lowest BCUT2D eigenvalue weighted by molar-refractivity contribution is 0.0933. The van der Waals surface area contributed by atoms with Gasteiger partial charge in [-0.25, -0.2) is 0 Å². The summed E-state index contributed by atoms with van der Waals surface area (Å²) in [6, 6.07) is 0.0339. The second-order valence-electron chi connectivity index (χ2n) is 4.65. The van der Waals surface area contributed by atoms with Gasteiger partial charge in [-0.2, -0.15) is 0 Å². The van der Waals surface area contributed by atoms with E-state index in [0.717, 1.165) is 18.4 Å². The molecule has 94 valence electrons. The Morgan fingerprint density at radius 3 is 3.06 bits per heavy atom. The number of thiophene rings is 1. The minimum atomic E-state index is 0.0188. The lowest BCUT2D eigenvalue weighted by Crippen LogP contribution is -2.33. The predicted molar refractivity (Wildman–Crippen MR) is 69.6 cm³/mol. The molecule has 2 rings (SSSR count). The number of aliphatic hydroxyl groups is 1. The molecule has 0 aromatic carbocycles. The third-order valence-corrected chi connectivity index (χ3v) is 4.33. The zero-order valence-electron chi connectivity index (χ0n) is 10.2. The Labute approximate surface area is 106 Å². The molecule has 1 aliphatic carbocycles. The second kappa shape index (κ2) is 5.65. The highest BCUT2D eigenvalue weighted by Gasteiger charge is 2.20. The topological polar surface area (TPSA) is 49.3 Å². The van der Waals surface area contributed by atoms with E-state index in [1.54, 1.807) is 11.3 Å². The van der Waals surface area contributed by atoms with Gasteiger partial charge >= 0.3 is 0 Å². The molecule has 1 unspecified atom stereocenters. The van der Waals surface area contributed by atoms with E-state index in [4.69, 9.17) is 5.11 Å². The van der Waals surface area contributed by atoms with E-state index in [1.165, 1.54) is 23.3 Å². The van der Waals surface area contributed by atoms with Crippen LogP contribution < -0.4 is 5.32 Å². The van der Waals surface area contributed by atoms with Crippen molar-refractivity contribution in [2.45, 2.75) is 45.1 Å². The smallest absolute Gasteiger partial charge is 0.252 e. The number of amides is 1. The third-order valence-electron chi connectivity index (χ3n) is 3.25. The zero-order chi connectivity index (χ0) is 12.3. The van der Waals surface area contributed by atoms with Gasteiger partial charge in [-0.05, 0) is 44.6 Å². The van der Waals surface area contributed by atoms with Crippen LogP contribution >= 0.6 is 11.3 Å². The van der Waals surface area contributed by atoms with Crippen LogP contribution in [0.3, 0.4) is 0 Å². The molecule has 3 nitrogen and oxygen atoms in total. The monoisotopic (exact) mass is 253 g/mol. The molecule has 2 N–H and O–H groups in total. The summed E-state index contributed by atoms with van der Waals surface area (Å²) in [5.41, 5.74) is 2.12. The van der Waals surface area contributed by atoms with Crippen molar-refractivity contribution < 1.29 is 9.90 Å². The summed E-state index contributed by atoms with van der Waals surface area (Å²) < 4.78 is 0. The van der Waals surface area contributed by atoms with Gasteiger partial charge in [0.25, 0.3) is 5.91 Å². The number of hydrogen-bond acceptors (Lipinski definition) is 3. The highest BCUT2D eigenvalue weighted by Crippen LogP contribution is 2.30. The zero-order valence-corrected chi connectivity index (χ0v) is 11.0. The van der Waals surface area contributed by atoms with E-state index in [9.17, 15) is 4.79 Å². The molecule has 0 radical (unpaired) electrons. The molecule has 1 aromatic heterocycles. The van der Waals surface area contributed by atoms with Gasteiger partial charge < -0.3 is 10.4 Å². The molecule has 0 aliphatic heterocycles. The van der Waals surface area contributed by atoms with Crippen LogP contribution in [-0.2, 0) is 12.8 Å². The molecular weight excluding hydrogens is 234 g/mol. The Hall–Kier alpha value is -0.870. The van der Waals surface area contributed by atoms with Crippen molar-refractivity contribution in [2.75, 3.05) is 6.61 Å². The molecule has 0 saturated carbocycles. The third kappa shape index (κ3) is 2.87. The van der Waals surface area contributed by atoms with Crippen molar-refractivity contribution >= 4 is 17.2 Å². The Morgan fingerprint density at radius 2 is 2.29 bits per heavy atom. The van der Waals surface area contributed by atoms with E-state index in [1.807, 2.05) is 12.3 Å². The van der Waals surface area contributed by atoms with Gasteiger partial charge in [0, 0.05) is 22.9 Å². The molecule has 0 fully saturated rings. The fourth-order valence-corrected chi connectivity index (χ4v) is 3.38. The highest BCUT2D eigenvalue weighted by molar-refractivity contribution is 7.10. The Bertz CT molecular complexity index is 400. The van der Waals surface area contributed by atoms with Crippen molar-refractivity contribution in [3.05, 3.63) is 21.4 Å². The maximum atomic E-state index is 12.1. The summed E-state index contributed by atoms with van der Waals surface area (Å²) in [6.07, 6.45) is 5.21. The van der Waals surface area contributed by atoms with Crippen LogP contribution in [0, 0.1) is 0 Å². The number of aliphatic hydroxyl groups excluding tert-OH is 1. The van der Waals surface area contributed by atoms with Crippen molar-refractivity contribution in [3.8, 4) is 0 Å². The van der Waals surface area contributed by atoms with Crippen molar-refractivity contribution in [1.29, 1.82) is 0 Å². The number of nitrogens with one attached hydrogen (secondary N) is 1. The quantitative estimate of drug-likeness (QED) is 0.863. The summed E-state index contributed by atoms with van der Waals surface area (Å²) >= 11 is 1.71. The van der Waals surface area contributed by atoms with Crippen LogP contribution in [0.2, 0.25) is 0 Å². The number of carbonyl (C=O) groups excluding carboxylic acids is 1. The van der Waals surface area contributed by atoms with Crippen LogP contribution in [-0.4, -0.2) is 23.7 Å². The molecule has 0 spiro atoms.